The fraction of sp³-hybridized carbons (Fsp3) is 0.480. The molecule has 1 amide bonds. The summed E-state index contributed by atoms with van der Waals surface area (Å²) in [5.41, 5.74) is 1.28. The first-order chi connectivity index (χ1) is 16.2. The third-order valence-electron chi connectivity index (χ3n) is 5.89. The lowest BCUT2D eigenvalue weighted by molar-refractivity contribution is 0.0124. The Morgan fingerprint density at radius 1 is 1.12 bits per heavy atom. The summed E-state index contributed by atoms with van der Waals surface area (Å²) in [6.07, 6.45) is 0.958. The molecule has 1 saturated heterocycles. The van der Waals surface area contributed by atoms with Gasteiger partial charge in [0.15, 0.2) is 0 Å². The van der Waals surface area contributed by atoms with Gasteiger partial charge in [0.25, 0.3) is 15.9 Å². The van der Waals surface area contributed by atoms with Crippen LogP contribution in [0.3, 0.4) is 0 Å². The molecular weight excluding hydrogens is 454 g/mol. The molecule has 186 valence electrons. The van der Waals surface area contributed by atoms with E-state index in [1.54, 1.807) is 50.4 Å². The Kier molecular flexibility index (Phi) is 8.93. The van der Waals surface area contributed by atoms with E-state index < -0.39 is 10.0 Å². The zero-order valence-corrected chi connectivity index (χ0v) is 21.2. The Hall–Kier alpha value is -2.62. The summed E-state index contributed by atoms with van der Waals surface area (Å²) in [5, 5.41) is 3.01. The molecule has 2 aromatic rings. The van der Waals surface area contributed by atoms with Gasteiger partial charge in [-0.05, 0) is 61.2 Å². The summed E-state index contributed by atoms with van der Waals surface area (Å²) in [6, 6.07) is 11.6. The van der Waals surface area contributed by atoms with E-state index in [2.05, 4.69) is 28.8 Å². The van der Waals surface area contributed by atoms with Gasteiger partial charge in [0.1, 0.15) is 5.75 Å². The van der Waals surface area contributed by atoms with Crippen molar-refractivity contribution in [3.63, 3.8) is 0 Å². The highest BCUT2D eigenvalue weighted by molar-refractivity contribution is 7.92. The number of aryl methyl sites for hydroxylation is 1. The van der Waals surface area contributed by atoms with E-state index in [1.807, 2.05) is 0 Å². The zero-order valence-electron chi connectivity index (χ0n) is 20.3. The van der Waals surface area contributed by atoms with Crippen LogP contribution in [0.5, 0.6) is 5.75 Å². The second kappa shape index (κ2) is 11.7. The maximum absolute atomic E-state index is 13.1. The number of carbonyl (C=O) groups is 1. The molecule has 1 atom stereocenters. The van der Waals surface area contributed by atoms with Gasteiger partial charge in [-0.1, -0.05) is 19.9 Å². The number of sulfonamides is 1. The van der Waals surface area contributed by atoms with Crippen molar-refractivity contribution in [2.24, 2.45) is 5.92 Å². The maximum Gasteiger partial charge on any atom is 0.262 e. The SMILES string of the molecule is COc1ccc(NS(=O)(=O)c2cc(C(=O)NC[C@H](CC(C)C)N3CCOCC3)ccc2C)cc1. The number of anilines is 1. The highest BCUT2D eigenvalue weighted by Gasteiger charge is 2.24. The van der Waals surface area contributed by atoms with Crippen LogP contribution in [-0.2, 0) is 14.8 Å². The van der Waals surface area contributed by atoms with Crippen molar-refractivity contribution in [3.8, 4) is 5.75 Å². The first kappa shape index (κ1) is 26.0. The molecule has 0 aromatic heterocycles. The Bertz CT molecular complexity index is 1060. The number of rotatable bonds is 10. The van der Waals surface area contributed by atoms with Gasteiger partial charge < -0.3 is 14.8 Å². The lowest BCUT2D eigenvalue weighted by atomic mass is 10.0. The molecule has 34 heavy (non-hydrogen) atoms. The summed E-state index contributed by atoms with van der Waals surface area (Å²) in [7, 11) is -2.33. The summed E-state index contributed by atoms with van der Waals surface area (Å²) in [4.78, 5) is 15.4. The van der Waals surface area contributed by atoms with Crippen LogP contribution < -0.4 is 14.8 Å². The van der Waals surface area contributed by atoms with Crippen molar-refractivity contribution in [2.75, 3.05) is 44.7 Å². The smallest absolute Gasteiger partial charge is 0.262 e. The van der Waals surface area contributed by atoms with E-state index in [0.29, 0.717) is 48.2 Å². The molecule has 3 rings (SSSR count). The Morgan fingerprint density at radius 3 is 2.41 bits per heavy atom. The minimum Gasteiger partial charge on any atom is -0.497 e. The van der Waals surface area contributed by atoms with Gasteiger partial charge in [0, 0.05) is 36.9 Å². The standard InChI is InChI=1S/C25H35N3O5S/c1-18(2)15-22(28-11-13-33-14-12-28)17-26-25(29)20-6-5-19(3)24(16-20)34(30,31)27-21-7-9-23(32-4)10-8-21/h5-10,16,18,22,27H,11-15,17H2,1-4H3,(H,26,29)/t22-/m0/s1. The third-order valence-corrected chi connectivity index (χ3v) is 7.41. The average molecular weight is 490 g/mol. The molecular formula is C25H35N3O5S. The molecule has 2 N–H and O–H groups in total. The van der Waals surface area contributed by atoms with Crippen LogP contribution >= 0.6 is 0 Å². The summed E-state index contributed by atoms with van der Waals surface area (Å²) >= 11 is 0. The number of morpholine rings is 1. The van der Waals surface area contributed by atoms with E-state index in [1.165, 1.54) is 6.07 Å². The van der Waals surface area contributed by atoms with Crippen LogP contribution in [0.15, 0.2) is 47.4 Å². The van der Waals surface area contributed by atoms with E-state index in [-0.39, 0.29) is 16.8 Å². The van der Waals surface area contributed by atoms with Crippen LogP contribution in [0.2, 0.25) is 0 Å². The number of carbonyl (C=O) groups excluding carboxylic acids is 1. The quantitative estimate of drug-likeness (QED) is 0.532. The molecule has 0 aliphatic carbocycles. The first-order valence-corrected chi connectivity index (χ1v) is 13.1. The average Bonchev–Trinajstić information content (AvgIpc) is 2.82. The fourth-order valence-corrected chi connectivity index (χ4v) is 5.39. The lowest BCUT2D eigenvalue weighted by Gasteiger charge is -2.35. The van der Waals surface area contributed by atoms with Gasteiger partial charge in [-0.3, -0.25) is 14.4 Å². The molecule has 0 radical (unpaired) electrons. The normalized spacial score (nSPS) is 15.7. The highest BCUT2D eigenvalue weighted by Crippen LogP contribution is 2.23. The molecule has 1 heterocycles. The molecule has 0 bridgehead atoms. The highest BCUT2D eigenvalue weighted by atomic mass is 32.2. The number of nitrogens with zero attached hydrogens (tertiary/aromatic N) is 1. The number of nitrogens with one attached hydrogen (secondary N) is 2. The molecule has 1 fully saturated rings. The van der Waals surface area contributed by atoms with Crippen LogP contribution in [-0.4, -0.2) is 65.2 Å². The molecule has 2 aromatic carbocycles. The van der Waals surface area contributed by atoms with Gasteiger partial charge in [-0.25, -0.2) is 8.42 Å². The van der Waals surface area contributed by atoms with Gasteiger partial charge >= 0.3 is 0 Å². The van der Waals surface area contributed by atoms with Gasteiger partial charge in [0.2, 0.25) is 0 Å². The lowest BCUT2D eigenvalue weighted by Crippen LogP contribution is -2.49. The second-order valence-corrected chi connectivity index (χ2v) is 10.6. The largest absolute Gasteiger partial charge is 0.497 e. The molecule has 0 unspecified atom stereocenters. The number of hydrogen-bond donors (Lipinski definition) is 2. The monoisotopic (exact) mass is 489 g/mol. The molecule has 1 aliphatic heterocycles. The van der Waals surface area contributed by atoms with Crippen LogP contribution in [0.25, 0.3) is 0 Å². The van der Waals surface area contributed by atoms with Gasteiger partial charge in [-0.15, -0.1) is 0 Å². The first-order valence-electron chi connectivity index (χ1n) is 11.6. The number of ether oxygens (including phenoxy) is 2. The minimum atomic E-state index is -3.88. The molecule has 1 aliphatic rings. The maximum atomic E-state index is 13.1. The van der Waals surface area contributed by atoms with Crippen molar-refractivity contribution in [1.82, 2.24) is 10.2 Å². The molecule has 9 heteroatoms. The Labute approximate surface area is 202 Å². The van der Waals surface area contributed by atoms with Crippen molar-refractivity contribution in [1.29, 1.82) is 0 Å². The minimum absolute atomic E-state index is 0.0721. The predicted octanol–water partition coefficient (Wildman–Crippen LogP) is 3.28. The number of methoxy groups -OCH3 is 1. The van der Waals surface area contributed by atoms with E-state index >= 15 is 0 Å². The number of benzene rings is 2. The van der Waals surface area contributed by atoms with Crippen LogP contribution in [0.1, 0.15) is 36.2 Å². The van der Waals surface area contributed by atoms with Crippen molar-refractivity contribution in [3.05, 3.63) is 53.6 Å². The van der Waals surface area contributed by atoms with Crippen LogP contribution in [0, 0.1) is 12.8 Å². The van der Waals surface area contributed by atoms with Crippen molar-refractivity contribution in [2.45, 2.75) is 38.1 Å². The van der Waals surface area contributed by atoms with Gasteiger partial charge in [-0.2, -0.15) is 0 Å². The summed E-state index contributed by atoms with van der Waals surface area (Å²) < 4.78 is 39.3. The second-order valence-electron chi connectivity index (χ2n) is 8.96. The summed E-state index contributed by atoms with van der Waals surface area (Å²) in [6.45, 7) is 9.63. The van der Waals surface area contributed by atoms with E-state index in [0.717, 1.165) is 19.5 Å². The Morgan fingerprint density at radius 2 is 1.79 bits per heavy atom. The zero-order chi connectivity index (χ0) is 24.7. The summed E-state index contributed by atoms with van der Waals surface area (Å²) in [5.74, 6) is 0.832. The fourth-order valence-electron chi connectivity index (χ4n) is 4.06. The van der Waals surface area contributed by atoms with E-state index in [9.17, 15) is 13.2 Å². The van der Waals surface area contributed by atoms with Crippen molar-refractivity contribution >= 4 is 21.6 Å². The predicted molar refractivity (Wildman–Crippen MR) is 133 cm³/mol. The third kappa shape index (κ3) is 6.94. The van der Waals surface area contributed by atoms with E-state index in [4.69, 9.17) is 9.47 Å². The number of hydrogen-bond acceptors (Lipinski definition) is 6. The van der Waals surface area contributed by atoms with Gasteiger partial charge in [0.05, 0.1) is 25.2 Å². The Balaban J connectivity index is 1.72. The van der Waals surface area contributed by atoms with Crippen molar-refractivity contribution < 1.29 is 22.7 Å². The van der Waals surface area contributed by atoms with Crippen LogP contribution in [0.4, 0.5) is 5.69 Å². The topological polar surface area (TPSA) is 97.0 Å². The molecule has 8 nitrogen and oxygen atoms in total. The molecule has 0 spiro atoms. The molecule has 0 saturated carbocycles. The number of amides is 1.